The van der Waals surface area contributed by atoms with Crippen LogP contribution in [0.25, 0.3) is 0 Å². The van der Waals surface area contributed by atoms with Crippen molar-refractivity contribution in [2.45, 2.75) is 77.9 Å². The van der Waals surface area contributed by atoms with E-state index in [0.29, 0.717) is 19.1 Å². The number of likely N-dealkylation sites (tertiary alicyclic amines) is 1. The smallest absolute Gasteiger partial charge is 0.131 e. The monoisotopic (exact) mass is 358 g/mol. The van der Waals surface area contributed by atoms with Crippen LogP contribution in [0.1, 0.15) is 65.7 Å². The average molecular weight is 359 g/mol. The first-order valence-electron chi connectivity index (χ1n) is 9.99. The van der Waals surface area contributed by atoms with Gasteiger partial charge in [0, 0.05) is 12.5 Å². The van der Waals surface area contributed by atoms with E-state index in [0.717, 1.165) is 38.8 Å². The van der Waals surface area contributed by atoms with Crippen molar-refractivity contribution < 1.29 is 24.6 Å². The van der Waals surface area contributed by atoms with Crippen LogP contribution in [0.5, 0.6) is 0 Å². The van der Waals surface area contributed by atoms with E-state index >= 15 is 0 Å². The number of aliphatic hydroxyl groups excluding tert-OH is 2. The lowest BCUT2D eigenvalue weighted by atomic mass is 10.0. The number of hydrogen-bond donors (Lipinski definition) is 2. The summed E-state index contributed by atoms with van der Waals surface area (Å²) in [6, 6.07) is 0. The zero-order valence-corrected chi connectivity index (χ0v) is 16.3. The van der Waals surface area contributed by atoms with E-state index < -0.39 is 18.1 Å². The van der Waals surface area contributed by atoms with Crippen LogP contribution >= 0.6 is 0 Å². The highest BCUT2D eigenvalue weighted by molar-refractivity contribution is 5.74. The van der Waals surface area contributed by atoms with Crippen LogP contribution in [0.15, 0.2) is 5.10 Å². The maximum Gasteiger partial charge on any atom is 0.131 e. The second kappa shape index (κ2) is 11.8. The number of ether oxygens (including phenoxy) is 1. The van der Waals surface area contributed by atoms with Gasteiger partial charge in [-0.25, -0.2) is 0 Å². The first-order valence-corrected chi connectivity index (χ1v) is 9.99. The third-order valence-corrected chi connectivity index (χ3v) is 5.07. The van der Waals surface area contributed by atoms with Gasteiger partial charge in [-0.1, -0.05) is 33.1 Å². The minimum Gasteiger partial charge on any atom is -0.856 e. The second-order valence-corrected chi connectivity index (χ2v) is 7.51. The fourth-order valence-corrected chi connectivity index (χ4v) is 3.43. The zero-order chi connectivity index (χ0) is 18.7. The van der Waals surface area contributed by atoms with Gasteiger partial charge in [-0.05, 0) is 38.5 Å². The van der Waals surface area contributed by atoms with E-state index in [1.807, 2.05) is 0 Å². The molecule has 1 fully saturated rings. The Morgan fingerprint density at radius 3 is 2.40 bits per heavy atom. The number of unbranched alkanes of at least 4 members (excludes halogenated alkanes) is 1. The molecule has 0 aliphatic carbocycles. The van der Waals surface area contributed by atoms with Crippen molar-refractivity contribution in [3.05, 3.63) is 0 Å². The Hall–Kier alpha value is -0.690. The number of nitrogens with zero attached hydrogens (tertiary/aromatic N) is 2. The first kappa shape index (κ1) is 22.4. The summed E-state index contributed by atoms with van der Waals surface area (Å²) in [4.78, 5) is 0. The number of hydrogen-bond acceptors (Lipinski definition) is 5. The molecule has 0 saturated carbocycles. The van der Waals surface area contributed by atoms with E-state index in [2.05, 4.69) is 18.9 Å². The summed E-state index contributed by atoms with van der Waals surface area (Å²) in [6.07, 6.45) is 6.03. The quantitative estimate of drug-likeness (QED) is 0.315. The van der Waals surface area contributed by atoms with Crippen LogP contribution in [-0.2, 0) is 4.74 Å². The summed E-state index contributed by atoms with van der Waals surface area (Å²) >= 11 is 0. The van der Waals surface area contributed by atoms with Gasteiger partial charge in [-0.3, -0.25) is 0 Å². The van der Waals surface area contributed by atoms with Crippen molar-refractivity contribution >= 4 is 5.90 Å². The highest BCUT2D eigenvalue weighted by atomic mass is 16.5. The number of aliphatic hydroxyl groups is 2. The first-order chi connectivity index (χ1) is 11.9. The van der Waals surface area contributed by atoms with Crippen LogP contribution in [0.3, 0.4) is 0 Å². The predicted octanol–water partition coefficient (Wildman–Crippen LogP) is 1.64. The van der Waals surface area contributed by atoms with Gasteiger partial charge >= 0.3 is 0 Å². The molecule has 1 heterocycles. The lowest BCUT2D eigenvalue weighted by Gasteiger charge is -2.38. The van der Waals surface area contributed by atoms with Crippen LogP contribution < -0.4 is 5.11 Å². The maximum absolute atomic E-state index is 11.9. The molecule has 0 bridgehead atoms. The van der Waals surface area contributed by atoms with E-state index in [-0.39, 0.29) is 11.2 Å². The molecule has 1 aliphatic heterocycles. The van der Waals surface area contributed by atoms with Gasteiger partial charge in [0.2, 0.25) is 0 Å². The van der Waals surface area contributed by atoms with Crippen molar-refractivity contribution in [3.63, 3.8) is 0 Å². The lowest BCUT2D eigenvalue weighted by molar-refractivity contribution is -0.942. The third kappa shape index (κ3) is 8.49. The Morgan fingerprint density at radius 1 is 1.16 bits per heavy atom. The number of rotatable bonds is 12. The Bertz CT molecular complexity index is 382. The highest BCUT2D eigenvalue weighted by Crippen LogP contribution is 2.21. The van der Waals surface area contributed by atoms with Crippen LogP contribution in [0.2, 0.25) is 0 Å². The highest BCUT2D eigenvalue weighted by Gasteiger charge is 2.33. The van der Waals surface area contributed by atoms with E-state index in [4.69, 9.17) is 4.74 Å². The van der Waals surface area contributed by atoms with Crippen molar-refractivity contribution in [3.8, 4) is 0 Å². The van der Waals surface area contributed by atoms with E-state index in [1.54, 1.807) is 0 Å². The summed E-state index contributed by atoms with van der Waals surface area (Å²) in [7, 11) is 0. The van der Waals surface area contributed by atoms with Gasteiger partial charge in [0.1, 0.15) is 25.7 Å². The molecule has 0 aromatic carbocycles. The standard InChI is InChI=1S/C19H38N2O4/c1-4-6-10-17(5-2)14-25-15-18(23)13-21(11-8-7-9-12-21)20-19(24)16(3)22/h16-18,22-23H,4-15H2,1-3H3. The van der Waals surface area contributed by atoms with Gasteiger partial charge in [0.15, 0.2) is 0 Å². The Labute approximate surface area is 153 Å². The third-order valence-electron chi connectivity index (χ3n) is 5.07. The topological polar surface area (TPSA) is 85.1 Å². The lowest BCUT2D eigenvalue weighted by Crippen LogP contribution is -2.54. The maximum atomic E-state index is 11.9. The van der Waals surface area contributed by atoms with E-state index in [9.17, 15) is 15.3 Å². The Balaban J connectivity index is 2.52. The SMILES string of the molecule is CCCCC(CC)COCC(O)C[N+]1(/N=C(\[O-])C(C)O)CCCCC1. The van der Waals surface area contributed by atoms with Crippen LogP contribution in [-0.4, -0.2) is 65.8 Å². The molecule has 3 unspecified atom stereocenters. The van der Waals surface area contributed by atoms with Gasteiger partial charge in [0.05, 0.1) is 12.7 Å². The molecule has 148 valence electrons. The van der Waals surface area contributed by atoms with Gasteiger partial charge in [0.25, 0.3) is 0 Å². The summed E-state index contributed by atoms with van der Waals surface area (Å²) in [5.74, 6) is 0.0485. The summed E-state index contributed by atoms with van der Waals surface area (Å²) in [5.41, 5.74) is 0. The molecule has 1 aliphatic rings. The van der Waals surface area contributed by atoms with Crippen LogP contribution in [0.4, 0.5) is 0 Å². The molecule has 1 rings (SSSR count). The minimum atomic E-state index is -1.09. The molecule has 2 N–H and O–H groups in total. The molecular weight excluding hydrogens is 320 g/mol. The molecule has 0 aromatic rings. The summed E-state index contributed by atoms with van der Waals surface area (Å²) in [6.45, 7) is 8.62. The molecule has 0 aromatic heterocycles. The molecule has 6 nitrogen and oxygen atoms in total. The summed E-state index contributed by atoms with van der Waals surface area (Å²) in [5, 5.41) is 36.0. The second-order valence-electron chi connectivity index (χ2n) is 7.51. The average Bonchev–Trinajstić information content (AvgIpc) is 2.58. The van der Waals surface area contributed by atoms with E-state index in [1.165, 1.54) is 26.2 Å². The van der Waals surface area contributed by atoms with Gasteiger partial charge in [-0.2, -0.15) is 4.59 Å². The van der Waals surface area contributed by atoms with Gasteiger partial charge in [-0.15, -0.1) is 5.10 Å². The number of piperidine rings is 1. The van der Waals surface area contributed by atoms with Crippen molar-refractivity contribution in [1.29, 1.82) is 0 Å². The molecule has 25 heavy (non-hydrogen) atoms. The molecule has 0 amide bonds. The fourth-order valence-electron chi connectivity index (χ4n) is 3.43. The predicted molar refractivity (Wildman–Crippen MR) is 98.0 cm³/mol. The van der Waals surface area contributed by atoms with Crippen molar-refractivity contribution in [1.82, 2.24) is 0 Å². The summed E-state index contributed by atoms with van der Waals surface area (Å²) < 4.78 is 5.97. The zero-order valence-electron chi connectivity index (χ0n) is 16.3. The Kier molecular flexibility index (Phi) is 10.6. The minimum absolute atomic E-state index is 0.224. The normalized spacial score (nSPS) is 21.7. The van der Waals surface area contributed by atoms with Crippen LogP contribution in [0, 0.1) is 5.92 Å². The van der Waals surface area contributed by atoms with Crippen molar-refractivity contribution in [2.75, 3.05) is 32.8 Å². The van der Waals surface area contributed by atoms with Crippen molar-refractivity contribution in [2.24, 2.45) is 11.0 Å². The molecule has 6 heteroatoms. The Morgan fingerprint density at radius 2 is 1.84 bits per heavy atom. The molecule has 1 saturated heterocycles. The fraction of sp³-hybridized carbons (Fsp3) is 0.947. The molecule has 0 radical (unpaired) electrons. The largest absolute Gasteiger partial charge is 0.856 e. The van der Waals surface area contributed by atoms with Gasteiger partial charge < -0.3 is 20.1 Å². The number of quaternary nitrogens is 1. The molecule has 3 atom stereocenters. The molecule has 0 spiro atoms. The molecular formula is C19H38N2O4.